The number of hydrogen-bond donors (Lipinski definition) is 2. The molecule has 0 saturated heterocycles. The van der Waals surface area contributed by atoms with Crippen molar-refractivity contribution in [3.8, 4) is 0 Å². The van der Waals surface area contributed by atoms with Gasteiger partial charge in [0.05, 0.1) is 11.3 Å². The molecule has 2 N–H and O–H groups in total. The summed E-state index contributed by atoms with van der Waals surface area (Å²) >= 11 is 0. The smallest absolute Gasteiger partial charge is 0.305 e. The van der Waals surface area contributed by atoms with Gasteiger partial charge in [-0.2, -0.15) is 18.3 Å². The Balaban J connectivity index is 2.00. The topological polar surface area (TPSA) is 40.7 Å². The zero-order valence-electron chi connectivity index (χ0n) is 10.3. The van der Waals surface area contributed by atoms with Crippen LogP contribution in [0.2, 0.25) is 0 Å². The summed E-state index contributed by atoms with van der Waals surface area (Å²) in [5, 5.41) is 9.79. The van der Waals surface area contributed by atoms with Crippen molar-refractivity contribution in [2.45, 2.75) is 25.7 Å². The van der Waals surface area contributed by atoms with Gasteiger partial charge in [0, 0.05) is 18.8 Å². The Morgan fingerprint density at radius 1 is 1.32 bits per heavy atom. The van der Waals surface area contributed by atoms with Gasteiger partial charge >= 0.3 is 6.18 Å². The highest BCUT2D eigenvalue weighted by Gasteiger charge is 2.30. The fraction of sp³-hybridized carbons (Fsp3) is 0.308. The first-order chi connectivity index (χ1) is 8.97. The molecule has 0 spiro atoms. The van der Waals surface area contributed by atoms with Gasteiger partial charge in [-0.05, 0) is 24.6 Å². The highest BCUT2D eigenvalue weighted by Crippen LogP contribution is 2.29. The van der Waals surface area contributed by atoms with Crippen LogP contribution < -0.4 is 5.32 Å². The fourth-order valence-electron chi connectivity index (χ4n) is 1.75. The predicted octanol–water partition coefficient (Wildman–Crippen LogP) is 3.28. The number of halogens is 3. The van der Waals surface area contributed by atoms with Gasteiger partial charge in [-0.3, -0.25) is 5.10 Å². The normalized spacial score (nSPS) is 13.5. The lowest BCUT2D eigenvalue weighted by Gasteiger charge is -2.13. The Morgan fingerprint density at radius 2 is 2.11 bits per heavy atom. The van der Waals surface area contributed by atoms with Crippen LogP contribution in [0.3, 0.4) is 0 Å². The molecule has 102 valence electrons. The van der Waals surface area contributed by atoms with Gasteiger partial charge in [0.15, 0.2) is 0 Å². The quantitative estimate of drug-likeness (QED) is 0.894. The van der Waals surface area contributed by atoms with Crippen LogP contribution in [-0.4, -0.2) is 10.2 Å². The molecule has 0 aliphatic carbocycles. The number of nitrogens with zero attached hydrogens (tertiary/aromatic N) is 1. The summed E-state index contributed by atoms with van der Waals surface area (Å²) < 4.78 is 37.7. The van der Waals surface area contributed by atoms with E-state index >= 15 is 0 Å². The first kappa shape index (κ1) is 13.6. The van der Waals surface area contributed by atoms with E-state index in [4.69, 9.17) is 0 Å². The molecule has 0 aliphatic heterocycles. The van der Waals surface area contributed by atoms with Crippen molar-refractivity contribution in [1.29, 1.82) is 0 Å². The summed E-state index contributed by atoms with van der Waals surface area (Å²) in [7, 11) is 0. The van der Waals surface area contributed by atoms with Gasteiger partial charge in [-0.25, -0.2) is 0 Å². The van der Waals surface area contributed by atoms with Crippen LogP contribution in [0, 0.1) is 0 Å². The first-order valence-electron chi connectivity index (χ1n) is 5.85. The molecule has 0 fully saturated rings. The van der Waals surface area contributed by atoms with Crippen LogP contribution in [0.25, 0.3) is 0 Å². The lowest BCUT2D eigenvalue weighted by molar-refractivity contribution is -0.137. The number of alkyl halides is 3. The van der Waals surface area contributed by atoms with Gasteiger partial charge in [0.25, 0.3) is 0 Å². The monoisotopic (exact) mass is 269 g/mol. The molecule has 0 bridgehead atoms. The van der Waals surface area contributed by atoms with Gasteiger partial charge in [0.1, 0.15) is 0 Å². The molecule has 1 aromatic heterocycles. The lowest BCUT2D eigenvalue weighted by atomic mass is 10.1. The molecular formula is C13H14F3N3. The summed E-state index contributed by atoms with van der Waals surface area (Å²) in [6.45, 7) is 2.28. The van der Waals surface area contributed by atoms with E-state index in [9.17, 15) is 13.2 Å². The van der Waals surface area contributed by atoms with Crippen molar-refractivity contribution in [3.05, 3.63) is 53.3 Å². The minimum absolute atomic E-state index is 0.00274. The maximum absolute atomic E-state index is 12.6. The van der Waals surface area contributed by atoms with Gasteiger partial charge in [0.2, 0.25) is 0 Å². The minimum Gasteiger partial charge on any atom is -0.305 e. The molecule has 1 aromatic carbocycles. The lowest BCUT2D eigenvalue weighted by Crippen LogP contribution is -2.18. The van der Waals surface area contributed by atoms with Gasteiger partial charge in [-0.1, -0.05) is 18.2 Å². The third-order valence-electron chi connectivity index (χ3n) is 2.86. The molecular weight excluding hydrogens is 255 g/mol. The SMILES string of the molecule is CC(NCc1cccc(C(F)(F)F)c1)c1ccn[nH]1. The van der Waals surface area contributed by atoms with E-state index in [1.54, 1.807) is 12.3 Å². The Hall–Kier alpha value is -1.82. The number of aromatic amines is 1. The molecule has 1 unspecified atom stereocenters. The zero-order chi connectivity index (χ0) is 13.9. The van der Waals surface area contributed by atoms with E-state index in [1.165, 1.54) is 6.07 Å². The van der Waals surface area contributed by atoms with Gasteiger partial charge < -0.3 is 5.32 Å². The van der Waals surface area contributed by atoms with Crippen LogP contribution in [-0.2, 0) is 12.7 Å². The number of hydrogen-bond acceptors (Lipinski definition) is 2. The molecule has 1 atom stereocenters. The van der Waals surface area contributed by atoms with Crippen molar-refractivity contribution in [2.24, 2.45) is 0 Å². The molecule has 3 nitrogen and oxygen atoms in total. The zero-order valence-corrected chi connectivity index (χ0v) is 10.3. The van der Waals surface area contributed by atoms with Crippen molar-refractivity contribution in [2.75, 3.05) is 0 Å². The van der Waals surface area contributed by atoms with Crippen molar-refractivity contribution < 1.29 is 13.2 Å². The minimum atomic E-state index is -4.30. The van der Waals surface area contributed by atoms with Gasteiger partial charge in [-0.15, -0.1) is 0 Å². The standard InChI is InChI=1S/C13H14F3N3/c1-9(12-5-6-18-19-12)17-8-10-3-2-4-11(7-10)13(14,15)16/h2-7,9,17H,8H2,1H3,(H,18,19). The molecule has 19 heavy (non-hydrogen) atoms. The Labute approximate surface area is 108 Å². The highest BCUT2D eigenvalue weighted by atomic mass is 19.4. The third-order valence-corrected chi connectivity index (χ3v) is 2.86. The molecule has 0 aliphatic rings. The average Bonchev–Trinajstić information content (AvgIpc) is 2.89. The molecule has 2 aromatic rings. The number of aromatic nitrogens is 2. The largest absolute Gasteiger partial charge is 0.416 e. The number of H-pyrrole nitrogens is 1. The maximum Gasteiger partial charge on any atom is 0.416 e. The summed E-state index contributed by atoms with van der Waals surface area (Å²) in [6, 6.07) is 7.14. The second kappa shape index (κ2) is 5.44. The number of nitrogens with one attached hydrogen (secondary N) is 2. The van der Waals surface area contributed by atoms with Crippen LogP contribution in [0.5, 0.6) is 0 Å². The van der Waals surface area contributed by atoms with Crippen molar-refractivity contribution in [1.82, 2.24) is 15.5 Å². The Bertz CT molecular complexity index is 520. The predicted molar refractivity (Wildman–Crippen MR) is 65.3 cm³/mol. The van der Waals surface area contributed by atoms with E-state index < -0.39 is 11.7 Å². The average molecular weight is 269 g/mol. The van der Waals surface area contributed by atoms with E-state index in [-0.39, 0.29) is 6.04 Å². The van der Waals surface area contributed by atoms with Crippen LogP contribution >= 0.6 is 0 Å². The first-order valence-corrected chi connectivity index (χ1v) is 5.85. The van der Waals surface area contributed by atoms with Crippen molar-refractivity contribution >= 4 is 0 Å². The van der Waals surface area contributed by atoms with E-state index in [0.29, 0.717) is 12.1 Å². The fourth-order valence-corrected chi connectivity index (χ4v) is 1.75. The summed E-state index contributed by atoms with van der Waals surface area (Å²) in [4.78, 5) is 0. The summed E-state index contributed by atoms with van der Waals surface area (Å²) in [5.74, 6) is 0. The second-order valence-electron chi connectivity index (χ2n) is 4.31. The van der Waals surface area contributed by atoms with Crippen molar-refractivity contribution in [3.63, 3.8) is 0 Å². The summed E-state index contributed by atoms with van der Waals surface area (Å²) in [5.41, 5.74) is 0.870. The highest BCUT2D eigenvalue weighted by molar-refractivity contribution is 5.25. The van der Waals surface area contributed by atoms with Crippen LogP contribution in [0.15, 0.2) is 36.5 Å². The molecule has 0 amide bonds. The molecule has 0 radical (unpaired) electrons. The third kappa shape index (κ3) is 3.57. The second-order valence-corrected chi connectivity index (χ2v) is 4.31. The van der Waals surface area contributed by atoms with E-state index in [0.717, 1.165) is 17.8 Å². The molecule has 2 rings (SSSR count). The molecule has 6 heteroatoms. The maximum atomic E-state index is 12.6. The van der Waals surface area contributed by atoms with E-state index in [2.05, 4.69) is 15.5 Å². The number of rotatable bonds is 4. The molecule has 0 saturated carbocycles. The Kier molecular flexibility index (Phi) is 3.90. The number of benzene rings is 1. The van der Waals surface area contributed by atoms with E-state index in [1.807, 2.05) is 13.0 Å². The van der Waals surface area contributed by atoms with Crippen LogP contribution in [0.4, 0.5) is 13.2 Å². The Morgan fingerprint density at radius 3 is 2.74 bits per heavy atom. The summed E-state index contributed by atoms with van der Waals surface area (Å²) in [6.07, 6.45) is -2.66. The molecule has 1 heterocycles. The van der Waals surface area contributed by atoms with Crippen LogP contribution in [0.1, 0.15) is 29.8 Å².